The molecule has 0 radical (unpaired) electrons. The molecule has 136 valence electrons. The van der Waals surface area contributed by atoms with Gasteiger partial charge in [-0.15, -0.1) is 0 Å². The summed E-state index contributed by atoms with van der Waals surface area (Å²) < 4.78 is 62.6. The van der Waals surface area contributed by atoms with E-state index >= 15 is 0 Å². The zero-order chi connectivity index (χ0) is 19.0. The van der Waals surface area contributed by atoms with Gasteiger partial charge in [0.15, 0.2) is 5.60 Å². The van der Waals surface area contributed by atoms with E-state index in [-0.39, 0.29) is 11.3 Å². The van der Waals surface area contributed by atoms with Gasteiger partial charge in [0.2, 0.25) is 21.7 Å². The van der Waals surface area contributed by atoms with E-state index in [0.717, 1.165) is 19.1 Å². The van der Waals surface area contributed by atoms with Gasteiger partial charge >= 0.3 is 5.97 Å². The monoisotopic (exact) mass is 375 g/mol. The molecule has 1 atom stereocenters. The molecule has 1 N–H and O–H groups in total. The topological polar surface area (TPSA) is 98.8 Å². The van der Waals surface area contributed by atoms with Crippen molar-refractivity contribution >= 4 is 21.8 Å². The summed E-state index contributed by atoms with van der Waals surface area (Å²) in [7, 11) is -3.87. The summed E-state index contributed by atoms with van der Waals surface area (Å²) in [5.41, 5.74) is -2.18. The third-order valence-corrected chi connectivity index (χ3v) is 4.70. The van der Waals surface area contributed by atoms with Gasteiger partial charge in [0.05, 0.1) is 5.75 Å². The van der Waals surface area contributed by atoms with Gasteiger partial charge in [0.1, 0.15) is 11.6 Å². The fraction of sp³-hybridized carbons (Fsp3) is 0.333. The van der Waals surface area contributed by atoms with Crippen LogP contribution in [0.5, 0.6) is 0 Å². The molecule has 1 aliphatic rings. The highest BCUT2D eigenvalue weighted by molar-refractivity contribution is 7.89. The second-order valence-corrected chi connectivity index (χ2v) is 7.39. The standard InChI is InChI=1S/C15H15F2NO6S/c1-4-25(21,22)18-14-12(23-8(2)19)13(20)15(3,24-14)9-5-10(16)7-11(17)6-9/h5-7,18H,4H2,1-3H3. The molecular weight excluding hydrogens is 360 g/mol. The Labute approximate surface area is 142 Å². The molecule has 0 aliphatic carbocycles. The number of hydrogen-bond donors (Lipinski definition) is 1. The van der Waals surface area contributed by atoms with Gasteiger partial charge in [-0.2, -0.15) is 0 Å². The van der Waals surface area contributed by atoms with Gasteiger partial charge in [-0.1, -0.05) is 0 Å². The van der Waals surface area contributed by atoms with E-state index in [4.69, 9.17) is 9.47 Å². The van der Waals surface area contributed by atoms with Crippen molar-refractivity contribution in [1.29, 1.82) is 0 Å². The Balaban J connectivity index is 2.52. The lowest BCUT2D eigenvalue weighted by Gasteiger charge is -2.23. The van der Waals surface area contributed by atoms with E-state index in [1.54, 1.807) is 0 Å². The van der Waals surface area contributed by atoms with Crippen LogP contribution in [0.25, 0.3) is 0 Å². The van der Waals surface area contributed by atoms with E-state index < -0.39 is 50.7 Å². The Kier molecular flexibility index (Phi) is 4.85. The van der Waals surface area contributed by atoms with Crippen molar-refractivity contribution in [2.45, 2.75) is 26.4 Å². The first kappa shape index (κ1) is 18.8. The zero-order valence-corrected chi connectivity index (χ0v) is 14.4. The number of Topliss-reactive ketones (excluding diaryl/α,β-unsaturated/α-hetero) is 1. The summed E-state index contributed by atoms with van der Waals surface area (Å²) >= 11 is 0. The molecule has 0 bridgehead atoms. The molecule has 0 amide bonds. The van der Waals surface area contributed by atoms with Gasteiger partial charge in [-0.05, 0) is 26.0 Å². The minimum absolute atomic E-state index is 0.203. The van der Waals surface area contributed by atoms with Crippen LogP contribution in [-0.4, -0.2) is 25.9 Å². The highest BCUT2D eigenvalue weighted by atomic mass is 32.2. The molecule has 0 saturated heterocycles. The number of benzene rings is 1. The summed E-state index contributed by atoms with van der Waals surface area (Å²) in [5.74, 6) is -5.40. The molecule has 25 heavy (non-hydrogen) atoms. The number of sulfonamides is 1. The molecule has 0 fully saturated rings. The Morgan fingerprint density at radius 1 is 1.28 bits per heavy atom. The first-order valence-electron chi connectivity index (χ1n) is 7.12. The van der Waals surface area contributed by atoms with Gasteiger partial charge in [-0.3, -0.25) is 14.3 Å². The number of halogens is 2. The van der Waals surface area contributed by atoms with Crippen LogP contribution >= 0.6 is 0 Å². The quantitative estimate of drug-likeness (QED) is 0.782. The van der Waals surface area contributed by atoms with Crippen molar-refractivity contribution in [2.24, 2.45) is 0 Å². The van der Waals surface area contributed by atoms with Crippen LogP contribution in [-0.2, 0) is 34.7 Å². The van der Waals surface area contributed by atoms with Crippen molar-refractivity contribution in [3.8, 4) is 0 Å². The predicted molar refractivity (Wildman–Crippen MR) is 81.2 cm³/mol. The van der Waals surface area contributed by atoms with Crippen LogP contribution < -0.4 is 4.72 Å². The lowest BCUT2D eigenvalue weighted by Crippen LogP contribution is -2.33. The second-order valence-electron chi connectivity index (χ2n) is 5.38. The van der Waals surface area contributed by atoms with Crippen molar-refractivity contribution in [2.75, 3.05) is 5.75 Å². The predicted octanol–water partition coefficient (Wildman–Crippen LogP) is 1.45. The number of nitrogens with one attached hydrogen (secondary N) is 1. The molecule has 1 aliphatic heterocycles. The maximum atomic E-state index is 13.5. The smallest absolute Gasteiger partial charge is 0.308 e. The molecule has 0 saturated carbocycles. The van der Waals surface area contributed by atoms with E-state index in [1.807, 2.05) is 4.72 Å². The molecule has 2 rings (SSSR count). The summed E-state index contributed by atoms with van der Waals surface area (Å²) in [4.78, 5) is 23.9. The van der Waals surface area contributed by atoms with Crippen LogP contribution in [0.2, 0.25) is 0 Å². The number of ether oxygens (including phenoxy) is 2. The number of esters is 1. The number of carbonyl (C=O) groups is 2. The average Bonchev–Trinajstić information content (AvgIpc) is 2.71. The van der Waals surface area contributed by atoms with Gasteiger partial charge in [0.25, 0.3) is 5.78 Å². The fourth-order valence-corrected chi connectivity index (χ4v) is 2.71. The van der Waals surface area contributed by atoms with Crippen LogP contribution in [0.15, 0.2) is 29.8 Å². The number of carbonyl (C=O) groups excluding carboxylic acids is 2. The largest absolute Gasteiger partial charge is 0.456 e. The van der Waals surface area contributed by atoms with E-state index in [9.17, 15) is 26.8 Å². The Hall–Kier alpha value is -2.49. The molecule has 1 unspecified atom stereocenters. The zero-order valence-electron chi connectivity index (χ0n) is 13.6. The Morgan fingerprint density at radius 3 is 2.32 bits per heavy atom. The minimum atomic E-state index is -3.87. The maximum absolute atomic E-state index is 13.5. The average molecular weight is 375 g/mol. The van der Waals surface area contributed by atoms with E-state index in [1.165, 1.54) is 13.8 Å². The number of ketones is 1. The third kappa shape index (κ3) is 3.78. The lowest BCUT2D eigenvalue weighted by molar-refractivity contribution is -0.142. The first-order chi connectivity index (χ1) is 11.5. The van der Waals surface area contributed by atoms with Crippen molar-refractivity contribution in [1.82, 2.24) is 4.72 Å². The summed E-state index contributed by atoms with van der Waals surface area (Å²) in [6, 6.07) is 2.33. The highest BCUT2D eigenvalue weighted by Gasteiger charge is 2.50. The number of hydrogen-bond acceptors (Lipinski definition) is 6. The molecule has 0 spiro atoms. The van der Waals surface area contributed by atoms with Gasteiger partial charge in [-0.25, -0.2) is 17.2 Å². The van der Waals surface area contributed by atoms with Crippen LogP contribution in [0.4, 0.5) is 8.78 Å². The normalized spacial score (nSPS) is 20.4. The molecule has 1 aromatic carbocycles. The third-order valence-electron chi connectivity index (χ3n) is 3.44. The van der Waals surface area contributed by atoms with Crippen molar-refractivity contribution in [3.05, 3.63) is 47.0 Å². The Morgan fingerprint density at radius 2 is 1.84 bits per heavy atom. The van der Waals surface area contributed by atoms with Crippen molar-refractivity contribution < 1.29 is 36.3 Å². The lowest BCUT2D eigenvalue weighted by atomic mass is 9.91. The van der Waals surface area contributed by atoms with Crippen LogP contribution in [0.3, 0.4) is 0 Å². The minimum Gasteiger partial charge on any atom is -0.456 e. The van der Waals surface area contributed by atoms with Crippen LogP contribution in [0.1, 0.15) is 26.3 Å². The molecule has 1 heterocycles. The molecule has 7 nitrogen and oxygen atoms in total. The second kappa shape index (κ2) is 6.43. The first-order valence-corrected chi connectivity index (χ1v) is 8.77. The van der Waals surface area contributed by atoms with Gasteiger partial charge < -0.3 is 9.47 Å². The summed E-state index contributed by atoms with van der Waals surface area (Å²) in [5, 5.41) is 0. The van der Waals surface area contributed by atoms with E-state index in [0.29, 0.717) is 6.07 Å². The summed E-state index contributed by atoms with van der Waals surface area (Å²) in [6.07, 6.45) is 0. The highest BCUT2D eigenvalue weighted by Crippen LogP contribution is 2.39. The number of rotatable bonds is 5. The maximum Gasteiger partial charge on any atom is 0.308 e. The Bertz CT molecular complexity index is 860. The SMILES string of the molecule is CCS(=O)(=O)NC1=C(OC(C)=O)C(=O)C(C)(c2cc(F)cc(F)c2)O1. The molecule has 10 heteroatoms. The summed E-state index contributed by atoms with van der Waals surface area (Å²) in [6.45, 7) is 3.52. The van der Waals surface area contributed by atoms with Crippen molar-refractivity contribution in [3.63, 3.8) is 0 Å². The van der Waals surface area contributed by atoms with Gasteiger partial charge in [0, 0.05) is 18.6 Å². The van der Waals surface area contributed by atoms with E-state index in [2.05, 4.69) is 0 Å². The molecule has 0 aromatic heterocycles. The fourth-order valence-electron chi connectivity index (χ4n) is 2.15. The molecule has 1 aromatic rings. The van der Waals surface area contributed by atoms with Crippen LogP contribution in [0, 0.1) is 11.6 Å². The molecular formula is C15H15F2NO6S.